The molecule has 0 fully saturated rings. The number of pyridine rings is 1. The monoisotopic (exact) mass is 332 g/mol. The van der Waals surface area contributed by atoms with Gasteiger partial charge in [0.15, 0.2) is 24.0 Å². The fourth-order valence-corrected chi connectivity index (χ4v) is 2.10. The average molecular weight is 332 g/mol. The van der Waals surface area contributed by atoms with E-state index in [0.717, 1.165) is 11.1 Å². The minimum absolute atomic E-state index is 0.144. The van der Waals surface area contributed by atoms with Gasteiger partial charge in [-0.25, -0.2) is 9.18 Å². The summed E-state index contributed by atoms with van der Waals surface area (Å²) in [6, 6.07) is 8.52. The first-order valence-electron chi connectivity index (χ1n) is 7.82. The second-order valence-corrected chi connectivity index (χ2v) is 6.69. The van der Waals surface area contributed by atoms with Crippen LogP contribution in [0.3, 0.4) is 0 Å². The molecule has 0 aliphatic carbocycles. The lowest BCUT2D eigenvalue weighted by Gasteiger charge is -2.18. The third-order valence-corrected chi connectivity index (χ3v) is 3.17. The SMILES string of the molecule is Cc1ccc(OCc2cc[n+](CC(=O)OC(C)(C)C)cc2)c(F)c1. The molecule has 0 amide bonds. The number of hydrogen-bond donors (Lipinski definition) is 0. The summed E-state index contributed by atoms with van der Waals surface area (Å²) in [6.45, 7) is 7.73. The molecule has 2 rings (SSSR count). The standard InChI is InChI=1S/C19H23FNO3/c1-14-5-6-17(16(20)11-14)23-13-15-7-9-21(10-8-15)12-18(22)24-19(2,3)4/h5-11H,12-13H2,1-4H3/q+1. The van der Waals surface area contributed by atoms with Crippen molar-refractivity contribution in [1.29, 1.82) is 0 Å². The van der Waals surface area contributed by atoms with E-state index in [-0.39, 0.29) is 30.7 Å². The molecular formula is C19H23FNO3+. The molecule has 0 saturated heterocycles. The number of aryl methyl sites for hydroxylation is 1. The molecule has 0 radical (unpaired) electrons. The van der Waals surface area contributed by atoms with Crippen LogP contribution in [0.5, 0.6) is 5.75 Å². The Balaban J connectivity index is 1.91. The number of halogens is 1. The zero-order valence-corrected chi connectivity index (χ0v) is 14.5. The summed E-state index contributed by atoms with van der Waals surface area (Å²) < 4.78 is 26.2. The van der Waals surface area contributed by atoms with Gasteiger partial charge >= 0.3 is 5.97 Å². The van der Waals surface area contributed by atoms with E-state index in [9.17, 15) is 9.18 Å². The number of esters is 1. The van der Waals surface area contributed by atoms with E-state index in [2.05, 4.69) is 0 Å². The van der Waals surface area contributed by atoms with E-state index in [1.54, 1.807) is 29.1 Å². The van der Waals surface area contributed by atoms with Crippen LogP contribution in [-0.2, 0) is 22.7 Å². The minimum Gasteiger partial charge on any atom is -0.486 e. The molecular weight excluding hydrogens is 309 g/mol. The first-order valence-corrected chi connectivity index (χ1v) is 7.82. The van der Waals surface area contributed by atoms with Gasteiger partial charge in [0.25, 0.3) is 0 Å². The van der Waals surface area contributed by atoms with Crippen molar-refractivity contribution in [2.75, 3.05) is 0 Å². The zero-order chi connectivity index (χ0) is 17.7. The van der Waals surface area contributed by atoms with Crippen LogP contribution < -0.4 is 9.30 Å². The molecule has 0 saturated carbocycles. The highest BCUT2D eigenvalue weighted by Gasteiger charge is 2.19. The summed E-state index contributed by atoms with van der Waals surface area (Å²) in [4.78, 5) is 11.8. The van der Waals surface area contributed by atoms with Gasteiger partial charge in [0, 0.05) is 17.7 Å². The normalized spacial score (nSPS) is 11.2. The van der Waals surface area contributed by atoms with E-state index in [0.29, 0.717) is 0 Å². The summed E-state index contributed by atoms with van der Waals surface area (Å²) in [5.74, 6) is -0.435. The molecule has 0 unspecified atom stereocenters. The van der Waals surface area contributed by atoms with Crippen molar-refractivity contribution in [2.45, 2.75) is 46.4 Å². The van der Waals surface area contributed by atoms with Crippen LogP contribution in [0.15, 0.2) is 42.7 Å². The van der Waals surface area contributed by atoms with E-state index in [4.69, 9.17) is 9.47 Å². The maximum Gasteiger partial charge on any atom is 0.373 e. The highest BCUT2D eigenvalue weighted by atomic mass is 19.1. The van der Waals surface area contributed by atoms with Crippen molar-refractivity contribution < 1.29 is 23.2 Å². The van der Waals surface area contributed by atoms with Crippen molar-refractivity contribution in [3.63, 3.8) is 0 Å². The summed E-state index contributed by atoms with van der Waals surface area (Å²) >= 11 is 0. The molecule has 1 aromatic heterocycles. The van der Waals surface area contributed by atoms with Gasteiger partial charge in [-0.15, -0.1) is 0 Å². The number of aromatic nitrogens is 1. The Kier molecular flexibility index (Phi) is 5.54. The number of nitrogens with zero attached hydrogens (tertiary/aromatic N) is 1. The Labute approximate surface area is 141 Å². The summed E-state index contributed by atoms with van der Waals surface area (Å²) in [6.07, 6.45) is 3.54. The molecule has 0 aliphatic rings. The molecule has 0 aliphatic heterocycles. The van der Waals surface area contributed by atoms with Crippen molar-refractivity contribution in [3.05, 3.63) is 59.7 Å². The van der Waals surface area contributed by atoms with Gasteiger partial charge in [-0.3, -0.25) is 0 Å². The molecule has 0 atom stereocenters. The Morgan fingerprint density at radius 1 is 1.17 bits per heavy atom. The number of hydrogen-bond acceptors (Lipinski definition) is 3. The van der Waals surface area contributed by atoms with E-state index >= 15 is 0 Å². The first kappa shape index (κ1) is 17.9. The van der Waals surface area contributed by atoms with Gasteiger partial charge < -0.3 is 9.47 Å². The highest BCUT2D eigenvalue weighted by molar-refractivity contribution is 5.68. The quantitative estimate of drug-likeness (QED) is 0.623. The van der Waals surface area contributed by atoms with Gasteiger partial charge in [0.05, 0.1) is 0 Å². The van der Waals surface area contributed by atoms with Crippen LogP contribution in [0.25, 0.3) is 0 Å². The molecule has 0 bridgehead atoms. The van der Waals surface area contributed by atoms with Crippen molar-refractivity contribution in [1.82, 2.24) is 0 Å². The number of carbonyl (C=O) groups is 1. The largest absolute Gasteiger partial charge is 0.486 e. The molecule has 2 aromatic rings. The lowest BCUT2D eigenvalue weighted by atomic mass is 10.2. The maximum atomic E-state index is 13.7. The molecule has 4 nitrogen and oxygen atoms in total. The molecule has 1 aromatic carbocycles. The van der Waals surface area contributed by atoms with Crippen LogP contribution >= 0.6 is 0 Å². The molecule has 0 N–H and O–H groups in total. The average Bonchev–Trinajstić information content (AvgIpc) is 2.46. The van der Waals surface area contributed by atoms with Gasteiger partial charge in [0.1, 0.15) is 12.2 Å². The second kappa shape index (κ2) is 7.43. The van der Waals surface area contributed by atoms with Crippen LogP contribution in [0.1, 0.15) is 31.9 Å². The lowest BCUT2D eigenvalue weighted by molar-refractivity contribution is -0.686. The molecule has 24 heavy (non-hydrogen) atoms. The smallest absolute Gasteiger partial charge is 0.373 e. The number of rotatable bonds is 5. The Morgan fingerprint density at radius 2 is 1.83 bits per heavy atom. The number of benzene rings is 1. The molecule has 0 spiro atoms. The number of carbonyl (C=O) groups excluding carboxylic acids is 1. The van der Waals surface area contributed by atoms with Crippen LogP contribution in [0.2, 0.25) is 0 Å². The second-order valence-electron chi connectivity index (χ2n) is 6.69. The Hall–Kier alpha value is -2.43. The Morgan fingerprint density at radius 3 is 2.42 bits per heavy atom. The van der Waals surface area contributed by atoms with Gasteiger partial charge in [0.2, 0.25) is 6.54 Å². The minimum atomic E-state index is -0.496. The van der Waals surface area contributed by atoms with Gasteiger partial charge in [-0.05, 0) is 45.4 Å². The van der Waals surface area contributed by atoms with Crippen LogP contribution in [0.4, 0.5) is 4.39 Å². The van der Waals surface area contributed by atoms with Crippen LogP contribution in [0, 0.1) is 12.7 Å². The predicted molar refractivity (Wildman–Crippen MR) is 88.0 cm³/mol. The Bertz CT molecular complexity index is 706. The zero-order valence-electron chi connectivity index (χ0n) is 14.5. The summed E-state index contributed by atoms with van der Waals surface area (Å²) in [5.41, 5.74) is 1.24. The third-order valence-electron chi connectivity index (χ3n) is 3.17. The summed E-state index contributed by atoms with van der Waals surface area (Å²) in [5, 5.41) is 0. The fraction of sp³-hybridized carbons (Fsp3) is 0.368. The summed E-state index contributed by atoms with van der Waals surface area (Å²) in [7, 11) is 0. The molecule has 5 heteroatoms. The van der Waals surface area contributed by atoms with E-state index < -0.39 is 5.60 Å². The van der Waals surface area contributed by atoms with Crippen LogP contribution in [-0.4, -0.2) is 11.6 Å². The molecule has 1 heterocycles. The van der Waals surface area contributed by atoms with Gasteiger partial charge in [-0.1, -0.05) is 6.07 Å². The maximum absolute atomic E-state index is 13.7. The molecule has 128 valence electrons. The number of ether oxygens (including phenoxy) is 2. The topological polar surface area (TPSA) is 39.4 Å². The fourth-order valence-electron chi connectivity index (χ4n) is 2.10. The van der Waals surface area contributed by atoms with Gasteiger partial charge in [-0.2, -0.15) is 4.57 Å². The highest BCUT2D eigenvalue weighted by Crippen LogP contribution is 2.19. The predicted octanol–water partition coefficient (Wildman–Crippen LogP) is 3.34. The van der Waals surface area contributed by atoms with Crippen molar-refractivity contribution >= 4 is 5.97 Å². The van der Waals surface area contributed by atoms with Crippen molar-refractivity contribution in [2.24, 2.45) is 0 Å². The lowest BCUT2D eigenvalue weighted by Crippen LogP contribution is -2.40. The third kappa shape index (κ3) is 5.65. The van der Waals surface area contributed by atoms with E-state index in [1.807, 2.05) is 39.8 Å². The van der Waals surface area contributed by atoms with E-state index in [1.165, 1.54) is 6.07 Å². The first-order chi connectivity index (χ1) is 11.2. The van der Waals surface area contributed by atoms with Crippen molar-refractivity contribution in [3.8, 4) is 5.75 Å².